The van der Waals surface area contributed by atoms with Gasteiger partial charge in [-0.05, 0) is 32.9 Å². The third-order valence-corrected chi connectivity index (χ3v) is 2.57. The summed E-state index contributed by atoms with van der Waals surface area (Å²) in [6.45, 7) is 6.80. The summed E-state index contributed by atoms with van der Waals surface area (Å²) < 4.78 is 11.0. The first-order valence-electron chi connectivity index (χ1n) is 6.50. The molecule has 0 radical (unpaired) electrons. The standard InChI is InChI=1S/C14H22N2O3/c1-5-18-12-8-7-11(9-13(12)19-6-2)16-10(3)14(17)15-4/h7-10,16H,5-6H2,1-4H3,(H,15,17). The summed E-state index contributed by atoms with van der Waals surface area (Å²) in [5, 5.41) is 5.71. The Morgan fingerprint density at radius 3 is 2.42 bits per heavy atom. The molecule has 0 aliphatic heterocycles. The Morgan fingerprint density at radius 1 is 1.21 bits per heavy atom. The molecule has 1 unspecified atom stereocenters. The monoisotopic (exact) mass is 266 g/mol. The first kappa shape index (κ1) is 15.1. The zero-order chi connectivity index (χ0) is 14.3. The van der Waals surface area contributed by atoms with Crippen LogP contribution in [0.15, 0.2) is 18.2 Å². The van der Waals surface area contributed by atoms with Gasteiger partial charge in [-0.25, -0.2) is 0 Å². The van der Waals surface area contributed by atoms with Crippen LogP contribution in [0.5, 0.6) is 11.5 Å². The summed E-state index contributed by atoms with van der Waals surface area (Å²) in [5.41, 5.74) is 0.822. The van der Waals surface area contributed by atoms with Gasteiger partial charge in [0.1, 0.15) is 6.04 Å². The Hall–Kier alpha value is -1.91. The van der Waals surface area contributed by atoms with E-state index >= 15 is 0 Å². The molecule has 0 saturated carbocycles. The predicted octanol–water partition coefficient (Wildman–Crippen LogP) is 2.03. The Morgan fingerprint density at radius 2 is 1.84 bits per heavy atom. The smallest absolute Gasteiger partial charge is 0.241 e. The third-order valence-electron chi connectivity index (χ3n) is 2.57. The highest BCUT2D eigenvalue weighted by atomic mass is 16.5. The molecule has 1 aromatic rings. The van der Waals surface area contributed by atoms with Gasteiger partial charge in [-0.3, -0.25) is 4.79 Å². The van der Waals surface area contributed by atoms with Gasteiger partial charge in [-0.1, -0.05) is 0 Å². The quantitative estimate of drug-likeness (QED) is 0.793. The molecule has 0 saturated heterocycles. The van der Waals surface area contributed by atoms with E-state index in [0.717, 1.165) is 5.69 Å². The molecule has 1 atom stereocenters. The van der Waals surface area contributed by atoms with Gasteiger partial charge in [-0.15, -0.1) is 0 Å². The lowest BCUT2D eigenvalue weighted by molar-refractivity contribution is -0.121. The Kier molecular flexibility index (Phi) is 5.99. The van der Waals surface area contributed by atoms with Gasteiger partial charge >= 0.3 is 0 Å². The molecule has 1 aromatic carbocycles. The van der Waals surface area contributed by atoms with Gasteiger partial charge in [0.05, 0.1) is 13.2 Å². The molecule has 0 aromatic heterocycles. The normalized spacial score (nSPS) is 11.6. The van der Waals surface area contributed by atoms with E-state index < -0.39 is 0 Å². The van der Waals surface area contributed by atoms with Crippen LogP contribution < -0.4 is 20.1 Å². The van der Waals surface area contributed by atoms with Gasteiger partial charge in [0.25, 0.3) is 0 Å². The van der Waals surface area contributed by atoms with Crippen LogP contribution >= 0.6 is 0 Å². The van der Waals surface area contributed by atoms with E-state index in [0.29, 0.717) is 24.7 Å². The van der Waals surface area contributed by atoms with Crippen molar-refractivity contribution in [3.8, 4) is 11.5 Å². The van der Waals surface area contributed by atoms with Gasteiger partial charge in [0.2, 0.25) is 5.91 Å². The fraction of sp³-hybridized carbons (Fsp3) is 0.500. The summed E-state index contributed by atoms with van der Waals surface area (Å²) in [4.78, 5) is 11.5. The lowest BCUT2D eigenvalue weighted by atomic mass is 10.2. The number of carbonyl (C=O) groups is 1. The van der Waals surface area contributed by atoms with E-state index in [9.17, 15) is 4.79 Å². The molecule has 1 rings (SSSR count). The Labute approximate surface area is 114 Å². The number of nitrogens with one attached hydrogen (secondary N) is 2. The number of hydrogen-bond acceptors (Lipinski definition) is 4. The fourth-order valence-electron chi connectivity index (χ4n) is 1.67. The molecule has 19 heavy (non-hydrogen) atoms. The van der Waals surface area contributed by atoms with Gasteiger partial charge in [0.15, 0.2) is 11.5 Å². The van der Waals surface area contributed by atoms with Crippen molar-refractivity contribution in [2.45, 2.75) is 26.8 Å². The van der Waals surface area contributed by atoms with Gasteiger partial charge in [-0.2, -0.15) is 0 Å². The van der Waals surface area contributed by atoms with Gasteiger partial charge in [0, 0.05) is 18.8 Å². The van der Waals surface area contributed by atoms with Crippen molar-refractivity contribution in [3.05, 3.63) is 18.2 Å². The number of rotatable bonds is 7. The van der Waals surface area contributed by atoms with E-state index in [2.05, 4.69) is 10.6 Å². The highest BCUT2D eigenvalue weighted by Crippen LogP contribution is 2.30. The second kappa shape index (κ2) is 7.51. The van der Waals surface area contributed by atoms with Crippen molar-refractivity contribution >= 4 is 11.6 Å². The van der Waals surface area contributed by atoms with Crippen molar-refractivity contribution in [3.63, 3.8) is 0 Å². The lowest BCUT2D eigenvalue weighted by Crippen LogP contribution is -2.35. The van der Waals surface area contributed by atoms with E-state index in [1.54, 1.807) is 14.0 Å². The molecule has 5 nitrogen and oxygen atoms in total. The average molecular weight is 266 g/mol. The number of likely N-dealkylation sites (N-methyl/N-ethyl adjacent to an activating group) is 1. The van der Waals surface area contributed by atoms with Crippen LogP contribution in [0, 0.1) is 0 Å². The van der Waals surface area contributed by atoms with Crippen LogP contribution in [0.4, 0.5) is 5.69 Å². The molecule has 0 fully saturated rings. The highest BCUT2D eigenvalue weighted by molar-refractivity contribution is 5.84. The average Bonchev–Trinajstić information content (AvgIpc) is 2.41. The molecule has 0 aliphatic rings. The minimum Gasteiger partial charge on any atom is -0.490 e. The molecule has 1 amide bonds. The molecular formula is C14H22N2O3. The zero-order valence-corrected chi connectivity index (χ0v) is 11.9. The van der Waals surface area contributed by atoms with E-state index in [1.165, 1.54) is 0 Å². The van der Waals surface area contributed by atoms with Gasteiger partial charge < -0.3 is 20.1 Å². The van der Waals surface area contributed by atoms with Crippen molar-refractivity contribution < 1.29 is 14.3 Å². The highest BCUT2D eigenvalue weighted by Gasteiger charge is 2.12. The van der Waals surface area contributed by atoms with E-state index in [4.69, 9.17) is 9.47 Å². The minimum atomic E-state index is -0.308. The Bertz CT molecular complexity index is 421. The molecule has 106 valence electrons. The van der Waals surface area contributed by atoms with Crippen LogP contribution in [0.25, 0.3) is 0 Å². The first-order valence-corrected chi connectivity index (χ1v) is 6.50. The SMILES string of the molecule is CCOc1ccc(NC(C)C(=O)NC)cc1OCC. The van der Waals surface area contributed by atoms with Crippen LogP contribution in [0.1, 0.15) is 20.8 Å². The summed E-state index contributed by atoms with van der Waals surface area (Å²) in [6.07, 6.45) is 0. The van der Waals surface area contributed by atoms with Crippen LogP contribution in [-0.4, -0.2) is 32.2 Å². The van der Waals surface area contributed by atoms with Crippen LogP contribution in [-0.2, 0) is 4.79 Å². The number of anilines is 1. The molecule has 5 heteroatoms. The number of hydrogen-bond donors (Lipinski definition) is 2. The summed E-state index contributed by atoms with van der Waals surface area (Å²) in [5.74, 6) is 1.33. The fourth-order valence-corrected chi connectivity index (χ4v) is 1.67. The number of ether oxygens (including phenoxy) is 2. The minimum absolute atomic E-state index is 0.0631. The Balaban J connectivity index is 2.85. The lowest BCUT2D eigenvalue weighted by Gasteiger charge is -2.16. The molecule has 2 N–H and O–H groups in total. The summed E-state index contributed by atoms with van der Waals surface area (Å²) >= 11 is 0. The number of amides is 1. The number of carbonyl (C=O) groups excluding carboxylic acids is 1. The molecule has 0 bridgehead atoms. The van der Waals surface area contributed by atoms with Crippen molar-refractivity contribution in [1.82, 2.24) is 5.32 Å². The molecule has 0 aliphatic carbocycles. The maximum absolute atomic E-state index is 11.5. The van der Waals surface area contributed by atoms with Crippen molar-refractivity contribution in [2.24, 2.45) is 0 Å². The molecule has 0 spiro atoms. The van der Waals surface area contributed by atoms with Crippen molar-refractivity contribution in [1.29, 1.82) is 0 Å². The topological polar surface area (TPSA) is 59.6 Å². The van der Waals surface area contributed by atoms with Crippen molar-refractivity contribution in [2.75, 3.05) is 25.6 Å². The largest absolute Gasteiger partial charge is 0.490 e. The summed E-state index contributed by atoms with van der Waals surface area (Å²) in [7, 11) is 1.62. The first-order chi connectivity index (χ1) is 9.12. The maximum Gasteiger partial charge on any atom is 0.241 e. The molecule has 0 heterocycles. The molecular weight excluding hydrogens is 244 g/mol. The summed E-state index contributed by atoms with van der Waals surface area (Å²) in [6, 6.07) is 5.24. The van der Waals surface area contributed by atoms with E-state index in [1.807, 2.05) is 32.0 Å². The zero-order valence-electron chi connectivity index (χ0n) is 11.9. The van der Waals surface area contributed by atoms with Crippen LogP contribution in [0.3, 0.4) is 0 Å². The second-order valence-corrected chi connectivity index (χ2v) is 4.01. The number of benzene rings is 1. The maximum atomic E-state index is 11.5. The second-order valence-electron chi connectivity index (χ2n) is 4.01. The van der Waals surface area contributed by atoms with Crippen LogP contribution in [0.2, 0.25) is 0 Å². The predicted molar refractivity (Wildman–Crippen MR) is 75.9 cm³/mol. The third kappa shape index (κ3) is 4.35. The van der Waals surface area contributed by atoms with E-state index in [-0.39, 0.29) is 11.9 Å².